The van der Waals surface area contributed by atoms with Crippen LogP contribution in [0.3, 0.4) is 0 Å². The number of benzene rings is 1. The second-order valence-corrected chi connectivity index (χ2v) is 4.44. The van der Waals surface area contributed by atoms with E-state index < -0.39 is 12.1 Å². The Kier molecular flexibility index (Phi) is 4.71. The summed E-state index contributed by atoms with van der Waals surface area (Å²) in [6, 6.07) is 8.27. The number of anilines is 1. The number of likely N-dealkylation sites (N-methyl/N-ethyl adjacent to an activating group) is 1. The molecule has 5 nitrogen and oxygen atoms in total. The molecule has 0 saturated heterocycles. The molecule has 0 spiro atoms. The Hall–Kier alpha value is -2.04. The van der Waals surface area contributed by atoms with Crippen molar-refractivity contribution in [3.8, 4) is 0 Å². The molecule has 0 aliphatic heterocycles. The van der Waals surface area contributed by atoms with Gasteiger partial charge >= 0.3 is 6.09 Å². The summed E-state index contributed by atoms with van der Waals surface area (Å²) in [4.78, 5) is 24.1. The molecule has 18 heavy (non-hydrogen) atoms. The second-order valence-electron chi connectivity index (χ2n) is 4.44. The van der Waals surface area contributed by atoms with E-state index >= 15 is 0 Å². The van der Waals surface area contributed by atoms with Crippen molar-refractivity contribution in [2.24, 2.45) is 5.92 Å². The third kappa shape index (κ3) is 3.48. The molecule has 0 fully saturated rings. The number of hydrogen-bond donors (Lipinski definition) is 2. The molecule has 1 aromatic carbocycles. The summed E-state index contributed by atoms with van der Waals surface area (Å²) in [5.74, 6) is -0.420. The third-order valence-corrected chi connectivity index (χ3v) is 2.66. The molecule has 5 heteroatoms. The first-order valence-electron chi connectivity index (χ1n) is 5.75. The Bertz CT molecular complexity index is 418. The lowest BCUT2D eigenvalue weighted by molar-refractivity contribution is -0.121. The van der Waals surface area contributed by atoms with E-state index in [0.717, 1.165) is 4.90 Å². The summed E-state index contributed by atoms with van der Waals surface area (Å²) in [5, 5.41) is 11.7. The molecule has 0 heterocycles. The van der Waals surface area contributed by atoms with Gasteiger partial charge in [0.2, 0.25) is 5.91 Å². The molecular weight excluding hydrogens is 232 g/mol. The highest BCUT2D eigenvalue weighted by molar-refractivity contribution is 5.96. The molecule has 2 N–H and O–H groups in total. The van der Waals surface area contributed by atoms with Crippen LogP contribution in [-0.4, -0.2) is 35.1 Å². The van der Waals surface area contributed by atoms with Gasteiger partial charge in [0, 0.05) is 12.7 Å². The van der Waals surface area contributed by atoms with Crippen LogP contribution < -0.4 is 5.32 Å². The zero-order valence-corrected chi connectivity index (χ0v) is 10.8. The van der Waals surface area contributed by atoms with Gasteiger partial charge in [0.25, 0.3) is 0 Å². The van der Waals surface area contributed by atoms with Gasteiger partial charge < -0.3 is 10.4 Å². The van der Waals surface area contributed by atoms with Crippen molar-refractivity contribution in [1.29, 1.82) is 0 Å². The first-order chi connectivity index (χ1) is 8.43. The zero-order valence-electron chi connectivity index (χ0n) is 10.8. The van der Waals surface area contributed by atoms with Crippen LogP contribution in [0.2, 0.25) is 0 Å². The molecule has 1 atom stereocenters. The maximum atomic E-state index is 12.1. The SMILES string of the molecule is CC(C)[C@H](C(=O)Nc1ccccc1)N(C)C(=O)O. The van der Waals surface area contributed by atoms with Crippen molar-refractivity contribution in [1.82, 2.24) is 4.90 Å². The van der Waals surface area contributed by atoms with E-state index in [4.69, 9.17) is 5.11 Å². The van der Waals surface area contributed by atoms with Crippen molar-refractivity contribution in [3.05, 3.63) is 30.3 Å². The van der Waals surface area contributed by atoms with E-state index in [1.54, 1.807) is 24.3 Å². The van der Waals surface area contributed by atoms with Gasteiger partial charge in [0.05, 0.1) is 0 Å². The lowest BCUT2D eigenvalue weighted by Gasteiger charge is -2.27. The largest absolute Gasteiger partial charge is 0.465 e. The van der Waals surface area contributed by atoms with Crippen LogP contribution in [-0.2, 0) is 4.79 Å². The topological polar surface area (TPSA) is 69.6 Å². The van der Waals surface area contributed by atoms with E-state index in [-0.39, 0.29) is 11.8 Å². The molecule has 0 aromatic heterocycles. The molecule has 0 aliphatic rings. The number of para-hydroxylation sites is 1. The van der Waals surface area contributed by atoms with Gasteiger partial charge in [-0.1, -0.05) is 32.0 Å². The molecule has 2 amide bonds. The molecule has 0 saturated carbocycles. The Morgan fingerprint density at radius 2 is 1.78 bits per heavy atom. The maximum Gasteiger partial charge on any atom is 0.407 e. The number of carbonyl (C=O) groups is 2. The summed E-state index contributed by atoms with van der Waals surface area (Å²) in [6.45, 7) is 3.63. The van der Waals surface area contributed by atoms with Crippen molar-refractivity contribution in [2.45, 2.75) is 19.9 Å². The molecule has 0 radical (unpaired) electrons. The van der Waals surface area contributed by atoms with Crippen molar-refractivity contribution in [2.75, 3.05) is 12.4 Å². The monoisotopic (exact) mass is 250 g/mol. The normalized spacial score (nSPS) is 12.0. The fourth-order valence-electron chi connectivity index (χ4n) is 1.78. The average molecular weight is 250 g/mol. The number of amides is 2. The average Bonchev–Trinajstić information content (AvgIpc) is 2.29. The van der Waals surface area contributed by atoms with Crippen LogP contribution >= 0.6 is 0 Å². The minimum atomic E-state index is -1.11. The molecule has 0 unspecified atom stereocenters. The van der Waals surface area contributed by atoms with E-state index in [1.165, 1.54) is 7.05 Å². The van der Waals surface area contributed by atoms with Gasteiger partial charge in [0.15, 0.2) is 0 Å². The maximum absolute atomic E-state index is 12.1. The Balaban J connectivity index is 2.81. The van der Waals surface area contributed by atoms with E-state index in [9.17, 15) is 9.59 Å². The second kappa shape index (κ2) is 6.05. The molecule has 0 bridgehead atoms. The van der Waals surface area contributed by atoms with Gasteiger partial charge in [-0.2, -0.15) is 0 Å². The number of rotatable bonds is 4. The van der Waals surface area contributed by atoms with Gasteiger partial charge in [-0.25, -0.2) is 4.79 Å². The van der Waals surface area contributed by atoms with E-state index in [2.05, 4.69) is 5.32 Å². The molecule has 0 aliphatic carbocycles. The Morgan fingerprint density at radius 1 is 1.22 bits per heavy atom. The molecular formula is C13H18N2O3. The van der Waals surface area contributed by atoms with Crippen molar-refractivity contribution in [3.63, 3.8) is 0 Å². The van der Waals surface area contributed by atoms with Crippen molar-refractivity contribution >= 4 is 17.7 Å². The summed E-state index contributed by atoms with van der Waals surface area (Å²) in [6.07, 6.45) is -1.11. The first kappa shape index (κ1) is 14.0. The van der Waals surface area contributed by atoms with E-state index in [0.29, 0.717) is 5.69 Å². The van der Waals surface area contributed by atoms with Gasteiger partial charge in [-0.15, -0.1) is 0 Å². The fourth-order valence-corrected chi connectivity index (χ4v) is 1.78. The molecule has 1 aromatic rings. The predicted molar refractivity (Wildman–Crippen MR) is 69.5 cm³/mol. The Labute approximate surface area is 106 Å². The lowest BCUT2D eigenvalue weighted by atomic mass is 10.0. The van der Waals surface area contributed by atoms with Gasteiger partial charge in [-0.05, 0) is 18.1 Å². The number of hydrogen-bond acceptors (Lipinski definition) is 2. The van der Waals surface area contributed by atoms with Gasteiger partial charge in [0.1, 0.15) is 6.04 Å². The van der Waals surface area contributed by atoms with Crippen LogP contribution in [0.25, 0.3) is 0 Å². The Morgan fingerprint density at radius 3 is 2.22 bits per heavy atom. The standard InChI is InChI=1S/C13H18N2O3/c1-9(2)11(15(3)13(17)18)12(16)14-10-7-5-4-6-8-10/h4-9,11H,1-3H3,(H,14,16)(H,17,18)/t11-/m1/s1. The predicted octanol–water partition coefficient (Wildman–Crippen LogP) is 2.26. The van der Waals surface area contributed by atoms with Crippen LogP contribution in [0.5, 0.6) is 0 Å². The van der Waals surface area contributed by atoms with Crippen LogP contribution in [0.4, 0.5) is 10.5 Å². The fraction of sp³-hybridized carbons (Fsp3) is 0.385. The highest BCUT2D eigenvalue weighted by atomic mass is 16.4. The number of carbonyl (C=O) groups excluding carboxylic acids is 1. The summed E-state index contributed by atoms with van der Waals surface area (Å²) < 4.78 is 0. The van der Waals surface area contributed by atoms with E-state index in [1.807, 2.05) is 19.9 Å². The van der Waals surface area contributed by atoms with Crippen molar-refractivity contribution < 1.29 is 14.7 Å². The number of nitrogens with zero attached hydrogens (tertiary/aromatic N) is 1. The molecule has 1 rings (SSSR count). The van der Waals surface area contributed by atoms with Gasteiger partial charge in [-0.3, -0.25) is 9.69 Å². The minimum absolute atomic E-state index is 0.102. The highest BCUT2D eigenvalue weighted by Crippen LogP contribution is 2.13. The first-order valence-corrected chi connectivity index (χ1v) is 5.75. The third-order valence-electron chi connectivity index (χ3n) is 2.66. The number of carboxylic acid groups (broad SMARTS) is 1. The van der Waals surface area contributed by atoms with Crippen LogP contribution in [0, 0.1) is 5.92 Å². The van der Waals surface area contributed by atoms with Crippen LogP contribution in [0.1, 0.15) is 13.8 Å². The quantitative estimate of drug-likeness (QED) is 0.861. The summed E-state index contributed by atoms with van der Waals surface area (Å²) in [5.41, 5.74) is 0.659. The molecule has 98 valence electrons. The summed E-state index contributed by atoms with van der Waals surface area (Å²) in [7, 11) is 1.40. The minimum Gasteiger partial charge on any atom is -0.465 e. The van der Waals surface area contributed by atoms with Crippen LogP contribution in [0.15, 0.2) is 30.3 Å². The number of nitrogens with one attached hydrogen (secondary N) is 1. The smallest absolute Gasteiger partial charge is 0.407 e. The lowest BCUT2D eigenvalue weighted by Crippen LogP contribution is -2.47. The zero-order chi connectivity index (χ0) is 13.7. The summed E-state index contributed by atoms with van der Waals surface area (Å²) >= 11 is 0. The highest BCUT2D eigenvalue weighted by Gasteiger charge is 2.29.